The van der Waals surface area contributed by atoms with Gasteiger partial charge < -0.3 is 86.0 Å². The Morgan fingerprint density at radius 3 is 1.57 bits per heavy atom. The van der Waals surface area contributed by atoms with Crippen LogP contribution in [0, 0.1) is 28.6 Å². The molecule has 0 radical (unpaired) electrons. The highest BCUT2D eigenvalue weighted by atomic mass is 16.4. The van der Waals surface area contributed by atoms with Gasteiger partial charge in [-0.15, -0.1) is 0 Å². The zero-order valence-corrected chi connectivity index (χ0v) is 46.7. The summed E-state index contributed by atoms with van der Waals surface area (Å²) in [6.07, 6.45) is 2.84. The molecule has 0 bridgehead atoms. The van der Waals surface area contributed by atoms with Gasteiger partial charge in [-0.2, -0.15) is 0 Å². The van der Waals surface area contributed by atoms with Gasteiger partial charge in [0, 0.05) is 43.0 Å². The molecular formula is C54H86N16O10. The van der Waals surface area contributed by atoms with Crippen molar-refractivity contribution in [2.75, 3.05) is 19.6 Å². The average Bonchev–Trinajstić information content (AvgIpc) is 3.86. The lowest BCUT2D eigenvalue weighted by Gasteiger charge is -2.29. The molecule has 0 spiro atoms. The highest BCUT2D eigenvalue weighted by Crippen LogP contribution is 2.21. The Morgan fingerprint density at radius 1 is 0.562 bits per heavy atom. The molecular weight excluding hydrogens is 1030 g/mol. The van der Waals surface area contributed by atoms with Crippen LogP contribution in [0.3, 0.4) is 0 Å². The van der Waals surface area contributed by atoms with Crippen molar-refractivity contribution in [1.29, 1.82) is 10.8 Å². The zero-order chi connectivity index (χ0) is 59.6. The summed E-state index contributed by atoms with van der Waals surface area (Å²) in [5, 5.41) is 59.8. The number of para-hydroxylation sites is 1. The number of carboxylic acids is 1. The second-order valence-electron chi connectivity index (χ2n) is 21.0. The number of aromatic amines is 1. The van der Waals surface area contributed by atoms with Gasteiger partial charge >= 0.3 is 5.97 Å². The molecule has 3 rings (SSSR count). The van der Waals surface area contributed by atoms with E-state index in [1.165, 1.54) is 12.1 Å². The minimum Gasteiger partial charge on any atom is -0.508 e. The number of aliphatic carboxylic acids is 1. The van der Waals surface area contributed by atoms with Crippen LogP contribution in [0.2, 0.25) is 0 Å². The van der Waals surface area contributed by atoms with Crippen molar-refractivity contribution < 1.29 is 48.6 Å². The van der Waals surface area contributed by atoms with Crippen LogP contribution in [0.4, 0.5) is 0 Å². The maximum Gasteiger partial charge on any atom is 0.326 e. The summed E-state index contributed by atoms with van der Waals surface area (Å²) in [4.78, 5) is 115. The second-order valence-corrected chi connectivity index (χ2v) is 21.0. The van der Waals surface area contributed by atoms with E-state index in [0.717, 1.165) is 10.9 Å². The lowest BCUT2D eigenvalue weighted by Crippen LogP contribution is -2.61. The van der Waals surface area contributed by atoms with Gasteiger partial charge in [-0.1, -0.05) is 71.9 Å². The number of aromatic nitrogens is 1. The fourth-order valence-electron chi connectivity index (χ4n) is 8.57. The number of fused-ring (bicyclic) bond motifs is 1. The topological polar surface area (TPSA) is 453 Å². The fourth-order valence-corrected chi connectivity index (χ4v) is 8.57. The van der Waals surface area contributed by atoms with Crippen LogP contribution in [-0.4, -0.2) is 142 Å². The molecule has 442 valence electrons. The summed E-state index contributed by atoms with van der Waals surface area (Å²) >= 11 is 0. The number of hydrogen-bond donors (Lipinski definition) is 18. The Hall–Kier alpha value is -8.00. The Balaban J connectivity index is 1.99. The van der Waals surface area contributed by atoms with Crippen molar-refractivity contribution in [2.24, 2.45) is 40.7 Å². The van der Waals surface area contributed by atoms with Gasteiger partial charge in [-0.05, 0) is 105 Å². The lowest BCUT2D eigenvalue weighted by molar-refractivity contribution is -0.142. The molecule has 26 heteroatoms. The Kier molecular flexibility index (Phi) is 27.7. The largest absolute Gasteiger partial charge is 0.508 e. The minimum atomic E-state index is -1.37. The number of carbonyl (C=O) groups excluding carboxylic acids is 7. The van der Waals surface area contributed by atoms with E-state index >= 15 is 0 Å². The van der Waals surface area contributed by atoms with Gasteiger partial charge in [0.1, 0.15) is 48.0 Å². The molecule has 0 aliphatic rings. The molecule has 1 aromatic heterocycles. The van der Waals surface area contributed by atoms with Crippen LogP contribution in [-0.2, 0) is 51.2 Å². The first-order valence-corrected chi connectivity index (χ1v) is 27.1. The number of nitrogens with one attached hydrogen (secondary N) is 12. The first kappa shape index (κ1) is 66.3. The van der Waals surface area contributed by atoms with E-state index in [4.69, 9.17) is 33.8 Å². The standard InChI is InChI=1S/C54H86N16O10/c1-29(2)25-40(47(74)65-38(16-11-23-61-53(57)58)45(72)64-37(15-9-10-22-55)46(73)66-39(52(79)80)17-12-24-62-54(59)60)67-48(75)42(27-33-28-63-36-14-8-7-13-35(33)36)69-51(78)44(31(5)6)70-49(76)41(68-50(77)43(56)30(3)4)26-32-18-20-34(71)21-19-32/h7-8,13-14,18-21,28-31,37-44,63,71H,9-12,15-17,22-27,55-56H2,1-6H3,(H,64,72)(H,65,74)(H,66,73)(H,67,75)(H,68,77)(H,69,78)(H,70,76)(H,79,80)(H4,57,58,61)(H4,59,60,62)/t37-,38-,39-,40-,41-,42-,43-,44-/m0/s1. The van der Waals surface area contributed by atoms with Crippen molar-refractivity contribution in [3.05, 3.63) is 65.9 Å². The summed E-state index contributed by atoms with van der Waals surface area (Å²) in [5.41, 5.74) is 24.7. The number of aromatic hydroxyl groups is 1. The molecule has 0 saturated carbocycles. The van der Waals surface area contributed by atoms with E-state index in [0.29, 0.717) is 24.0 Å². The molecule has 22 N–H and O–H groups in total. The molecule has 80 heavy (non-hydrogen) atoms. The average molecular weight is 1120 g/mol. The van der Waals surface area contributed by atoms with Gasteiger partial charge in [0.25, 0.3) is 0 Å². The number of amides is 7. The van der Waals surface area contributed by atoms with E-state index in [-0.39, 0.29) is 101 Å². The van der Waals surface area contributed by atoms with Gasteiger partial charge in [0.2, 0.25) is 41.4 Å². The van der Waals surface area contributed by atoms with Crippen molar-refractivity contribution in [3.8, 4) is 5.75 Å². The number of unbranched alkanes of at least 4 members (excludes halogenated alkanes) is 1. The van der Waals surface area contributed by atoms with E-state index in [1.54, 1.807) is 46.0 Å². The zero-order valence-electron chi connectivity index (χ0n) is 46.7. The van der Waals surface area contributed by atoms with Crippen molar-refractivity contribution in [3.63, 3.8) is 0 Å². The summed E-state index contributed by atoms with van der Waals surface area (Å²) in [7, 11) is 0. The number of carboxylic acid groups (broad SMARTS) is 1. The van der Waals surface area contributed by atoms with E-state index in [9.17, 15) is 48.6 Å². The second kappa shape index (κ2) is 33.4. The number of phenolic OH excluding ortho intramolecular Hbond substituents is 1. The summed E-state index contributed by atoms with van der Waals surface area (Å²) in [6, 6.07) is 3.26. The Morgan fingerprint density at radius 2 is 1.04 bits per heavy atom. The summed E-state index contributed by atoms with van der Waals surface area (Å²) < 4.78 is 0. The first-order chi connectivity index (χ1) is 37.8. The molecule has 0 fully saturated rings. The van der Waals surface area contributed by atoms with Crippen LogP contribution < -0.4 is 70.8 Å². The number of guanidine groups is 2. The molecule has 26 nitrogen and oxygen atoms in total. The third-order valence-electron chi connectivity index (χ3n) is 13.1. The molecule has 0 aliphatic carbocycles. The first-order valence-electron chi connectivity index (χ1n) is 27.1. The molecule has 1 heterocycles. The molecule has 0 saturated heterocycles. The van der Waals surface area contributed by atoms with Gasteiger partial charge in [0.15, 0.2) is 11.9 Å². The lowest BCUT2D eigenvalue weighted by atomic mass is 9.98. The molecule has 8 atom stereocenters. The molecule has 0 unspecified atom stereocenters. The van der Waals surface area contributed by atoms with Gasteiger partial charge in [-0.3, -0.25) is 44.4 Å². The number of benzene rings is 2. The van der Waals surface area contributed by atoms with E-state index in [2.05, 4.69) is 52.8 Å². The number of nitrogens with two attached hydrogens (primary N) is 4. The number of carbonyl (C=O) groups is 8. The Labute approximate surface area is 467 Å². The van der Waals surface area contributed by atoms with Crippen LogP contribution in [0.5, 0.6) is 5.75 Å². The maximum absolute atomic E-state index is 14.8. The predicted molar refractivity (Wildman–Crippen MR) is 303 cm³/mol. The van der Waals surface area contributed by atoms with Gasteiger partial charge in [0.05, 0.1) is 6.04 Å². The van der Waals surface area contributed by atoms with E-state index < -0.39 is 102 Å². The normalized spacial score (nSPS) is 14.3. The van der Waals surface area contributed by atoms with Crippen LogP contribution in [0.25, 0.3) is 10.9 Å². The predicted octanol–water partition coefficient (Wildman–Crippen LogP) is -0.522. The molecule has 0 aliphatic heterocycles. The fraction of sp³-hybridized carbons (Fsp3) is 0.556. The molecule has 3 aromatic rings. The SMILES string of the molecule is CC(C)C[C@H](NC(=O)[C@H](Cc1c[nH]c2ccccc12)NC(=O)[C@@H](NC(=O)[C@H](Cc1ccc(O)cc1)NC(=O)[C@@H](N)C(C)C)C(C)C)C(=O)N[C@@H](CCCNC(=N)N)C(=O)N[C@@H](CCCCN)C(=O)N[C@@H](CCCNC(=N)N)C(=O)O. The minimum absolute atomic E-state index is 0.00692. The van der Waals surface area contributed by atoms with Crippen molar-refractivity contribution in [2.45, 2.75) is 154 Å². The highest BCUT2D eigenvalue weighted by Gasteiger charge is 2.36. The third kappa shape index (κ3) is 22.8. The van der Waals surface area contributed by atoms with Crippen LogP contribution >= 0.6 is 0 Å². The third-order valence-corrected chi connectivity index (χ3v) is 13.1. The smallest absolute Gasteiger partial charge is 0.326 e. The number of rotatable bonds is 35. The molecule has 2 aromatic carbocycles. The number of H-pyrrole nitrogens is 1. The van der Waals surface area contributed by atoms with Crippen molar-refractivity contribution in [1.82, 2.24) is 52.8 Å². The maximum atomic E-state index is 14.8. The summed E-state index contributed by atoms with van der Waals surface area (Å²) in [6.45, 7) is 11.1. The number of phenols is 1. The van der Waals surface area contributed by atoms with Crippen LogP contribution in [0.15, 0.2) is 54.7 Å². The van der Waals surface area contributed by atoms with Crippen LogP contribution in [0.1, 0.15) is 104 Å². The number of hydrogen-bond acceptors (Lipinski definition) is 13. The summed E-state index contributed by atoms with van der Waals surface area (Å²) in [5.74, 6) is -8.29. The van der Waals surface area contributed by atoms with Crippen molar-refractivity contribution >= 4 is 70.1 Å². The monoisotopic (exact) mass is 1120 g/mol. The quantitative estimate of drug-likeness (QED) is 0.0200. The molecule has 7 amide bonds. The van der Waals surface area contributed by atoms with E-state index in [1.807, 2.05) is 38.1 Å². The van der Waals surface area contributed by atoms with Gasteiger partial charge in [-0.25, -0.2) is 4.79 Å². The Bertz CT molecular complexity index is 2560. The highest BCUT2D eigenvalue weighted by molar-refractivity contribution is 5.98.